The number of aliphatic carboxylic acids is 1. The van der Waals surface area contributed by atoms with Crippen LogP contribution in [-0.2, 0) is 16.0 Å². The summed E-state index contributed by atoms with van der Waals surface area (Å²) in [5, 5.41) is 9.55. The zero-order chi connectivity index (χ0) is 15.4. The van der Waals surface area contributed by atoms with Crippen LogP contribution in [-0.4, -0.2) is 35.0 Å². The number of carboxylic acid groups (broad SMARTS) is 1. The van der Waals surface area contributed by atoms with Gasteiger partial charge in [0.25, 0.3) is 0 Å². The van der Waals surface area contributed by atoms with Crippen LogP contribution in [0.4, 0.5) is 0 Å². The van der Waals surface area contributed by atoms with E-state index < -0.39 is 12.0 Å². The Morgan fingerprint density at radius 3 is 2.29 bits per heavy atom. The van der Waals surface area contributed by atoms with Crippen molar-refractivity contribution in [1.82, 2.24) is 4.90 Å². The van der Waals surface area contributed by atoms with E-state index in [1.165, 1.54) is 5.56 Å². The van der Waals surface area contributed by atoms with Crippen LogP contribution in [0.1, 0.15) is 36.9 Å². The molecule has 0 bridgehead atoms. The molecule has 0 radical (unpaired) electrons. The second-order valence-corrected chi connectivity index (χ2v) is 5.55. The van der Waals surface area contributed by atoms with E-state index in [0.717, 1.165) is 12.0 Å². The van der Waals surface area contributed by atoms with Crippen molar-refractivity contribution in [2.24, 2.45) is 11.7 Å². The minimum Gasteiger partial charge on any atom is -0.480 e. The fraction of sp³-hybridized carbons (Fsp3) is 0.500. The van der Waals surface area contributed by atoms with Crippen molar-refractivity contribution in [3.05, 3.63) is 35.4 Å². The number of carboxylic acids is 1. The molecule has 5 nitrogen and oxygen atoms in total. The minimum atomic E-state index is -0.850. The maximum absolute atomic E-state index is 11.6. The lowest BCUT2D eigenvalue weighted by Crippen LogP contribution is -2.42. The molecule has 0 aromatic heterocycles. The van der Waals surface area contributed by atoms with Gasteiger partial charge in [0.05, 0.1) is 0 Å². The van der Waals surface area contributed by atoms with Gasteiger partial charge in [0.2, 0.25) is 5.91 Å². The number of likely N-dealkylation sites (tertiary alicyclic amines) is 1. The van der Waals surface area contributed by atoms with E-state index in [2.05, 4.69) is 6.92 Å². The van der Waals surface area contributed by atoms with E-state index in [1.807, 2.05) is 29.2 Å². The number of piperidine rings is 1. The molecule has 1 aliphatic rings. The quantitative estimate of drug-likeness (QED) is 0.862. The van der Waals surface area contributed by atoms with Crippen LogP contribution in [0, 0.1) is 5.92 Å². The number of rotatable bonds is 5. The molecule has 3 N–H and O–H groups in total. The monoisotopic (exact) mass is 290 g/mol. The molecule has 1 aliphatic heterocycles. The normalized spacial score (nSPS) is 18.3. The lowest BCUT2D eigenvalue weighted by atomic mass is 9.93. The SMILES string of the molecule is CCc1ccc(C(C(=O)O)N2CCC(C(N)=O)CC2)cc1. The van der Waals surface area contributed by atoms with Crippen molar-refractivity contribution in [2.45, 2.75) is 32.2 Å². The van der Waals surface area contributed by atoms with Gasteiger partial charge >= 0.3 is 5.97 Å². The fourth-order valence-electron chi connectivity index (χ4n) is 2.89. The summed E-state index contributed by atoms with van der Waals surface area (Å²) >= 11 is 0. The molecule has 1 aromatic carbocycles. The number of carbonyl (C=O) groups excluding carboxylic acids is 1. The molecular weight excluding hydrogens is 268 g/mol. The molecule has 0 spiro atoms. The van der Waals surface area contributed by atoms with Crippen LogP contribution < -0.4 is 5.73 Å². The number of amides is 1. The number of aryl methyl sites for hydroxylation is 1. The molecule has 1 atom stereocenters. The van der Waals surface area contributed by atoms with Gasteiger partial charge < -0.3 is 10.8 Å². The second kappa shape index (κ2) is 6.72. The van der Waals surface area contributed by atoms with E-state index in [0.29, 0.717) is 25.9 Å². The fourth-order valence-corrected chi connectivity index (χ4v) is 2.89. The molecule has 2 rings (SSSR count). The Kier molecular flexibility index (Phi) is 4.96. The Balaban J connectivity index is 2.12. The molecule has 1 heterocycles. The van der Waals surface area contributed by atoms with Gasteiger partial charge in [0.1, 0.15) is 6.04 Å². The lowest BCUT2D eigenvalue weighted by Gasteiger charge is -2.34. The highest BCUT2D eigenvalue weighted by molar-refractivity contribution is 5.77. The van der Waals surface area contributed by atoms with E-state index in [4.69, 9.17) is 5.73 Å². The Morgan fingerprint density at radius 2 is 1.86 bits per heavy atom. The molecule has 1 saturated heterocycles. The van der Waals surface area contributed by atoms with Crippen molar-refractivity contribution in [3.8, 4) is 0 Å². The van der Waals surface area contributed by atoms with Crippen LogP contribution in [0.15, 0.2) is 24.3 Å². The summed E-state index contributed by atoms with van der Waals surface area (Å²) in [5.41, 5.74) is 7.30. The number of hydrogen-bond donors (Lipinski definition) is 2. The largest absolute Gasteiger partial charge is 0.480 e. The van der Waals surface area contributed by atoms with Gasteiger partial charge in [0, 0.05) is 19.0 Å². The third-order valence-electron chi connectivity index (χ3n) is 4.23. The predicted molar refractivity (Wildman–Crippen MR) is 79.7 cm³/mol. The first-order valence-corrected chi connectivity index (χ1v) is 7.38. The van der Waals surface area contributed by atoms with Crippen molar-refractivity contribution < 1.29 is 14.7 Å². The first-order chi connectivity index (χ1) is 10.0. The summed E-state index contributed by atoms with van der Waals surface area (Å²) in [6.07, 6.45) is 2.19. The number of nitrogens with two attached hydrogens (primary N) is 1. The number of benzene rings is 1. The molecule has 0 aliphatic carbocycles. The third kappa shape index (κ3) is 3.61. The maximum atomic E-state index is 11.6. The second-order valence-electron chi connectivity index (χ2n) is 5.55. The Bertz CT molecular complexity index is 505. The van der Waals surface area contributed by atoms with Gasteiger partial charge in [-0.25, -0.2) is 0 Å². The third-order valence-corrected chi connectivity index (χ3v) is 4.23. The molecular formula is C16H22N2O3. The highest BCUT2D eigenvalue weighted by Gasteiger charge is 2.32. The van der Waals surface area contributed by atoms with Gasteiger partial charge in [-0.2, -0.15) is 0 Å². The topological polar surface area (TPSA) is 83.6 Å². The van der Waals surface area contributed by atoms with Crippen molar-refractivity contribution in [1.29, 1.82) is 0 Å². The van der Waals surface area contributed by atoms with Crippen LogP contribution in [0.25, 0.3) is 0 Å². The number of hydrogen-bond acceptors (Lipinski definition) is 3. The standard InChI is InChI=1S/C16H22N2O3/c1-2-11-3-5-12(6-4-11)14(16(20)21)18-9-7-13(8-10-18)15(17)19/h3-6,13-14H,2,7-10H2,1H3,(H2,17,19)(H,20,21). The van der Waals surface area contributed by atoms with E-state index >= 15 is 0 Å². The van der Waals surface area contributed by atoms with E-state index in [-0.39, 0.29) is 11.8 Å². The van der Waals surface area contributed by atoms with Gasteiger partial charge in [-0.3, -0.25) is 14.5 Å². The van der Waals surface area contributed by atoms with Crippen molar-refractivity contribution in [2.75, 3.05) is 13.1 Å². The highest BCUT2D eigenvalue weighted by Crippen LogP contribution is 2.27. The number of carbonyl (C=O) groups is 2. The minimum absolute atomic E-state index is 0.127. The smallest absolute Gasteiger partial charge is 0.325 e. The van der Waals surface area contributed by atoms with Gasteiger partial charge in [0.15, 0.2) is 0 Å². The van der Waals surface area contributed by atoms with Crippen LogP contribution in [0.2, 0.25) is 0 Å². The van der Waals surface area contributed by atoms with Gasteiger partial charge in [-0.05, 0) is 30.4 Å². The van der Waals surface area contributed by atoms with Crippen LogP contribution in [0.5, 0.6) is 0 Å². The van der Waals surface area contributed by atoms with Crippen molar-refractivity contribution in [3.63, 3.8) is 0 Å². The lowest BCUT2D eigenvalue weighted by molar-refractivity contribution is -0.144. The van der Waals surface area contributed by atoms with E-state index in [9.17, 15) is 14.7 Å². The summed E-state index contributed by atoms with van der Waals surface area (Å²) in [6.45, 7) is 3.23. The Labute approximate surface area is 124 Å². The highest BCUT2D eigenvalue weighted by atomic mass is 16.4. The summed E-state index contributed by atoms with van der Waals surface area (Å²) in [5.74, 6) is -1.26. The van der Waals surface area contributed by atoms with E-state index in [1.54, 1.807) is 0 Å². The zero-order valence-corrected chi connectivity index (χ0v) is 12.3. The Hall–Kier alpha value is -1.88. The van der Waals surface area contributed by atoms with Crippen LogP contribution in [0.3, 0.4) is 0 Å². The van der Waals surface area contributed by atoms with Crippen LogP contribution >= 0.6 is 0 Å². The first-order valence-electron chi connectivity index (χ1n) is 7.38. The molecule has 21 heavy (non-hydrogen) atoms. The average molecular weight is 290 g/mol. The van der Waals surface area contributed by atoms with Gasteiger partial charge in [-0.15, -0.1) is 0 Å². The summed E-state index contributed by atoms with van der Waals surface area (Å²) in [6, 6.07) is 7.07. The zero-order valence-electron chi connectivity index (χ0n) is 12.3. The molecule has 1 aromatic rings. The molecule has 114 valence electrons. The Morgan fingerprint density at radius 1 is 1.29 bits per heavy atom. The molecule has 1 amide bonds. The maximum Gasteiger partial charge on any atom is 0.325 e. The number of primary amides is 1. The predicted octanol–water partition coefficient (Wildman–Crippen LogP) is 1.57. The van der Waals surface area contributed by atoms with Gasteiger partial charge in [-0.1, -0.05) is 31.2 Å². The first kappa shape index (κ1) is 15.5. The molecule has 0 saturated carbocycles. The molecule has 1 unspecified atom stereocenters. The summed E-state index contributed by atoms with van der Waals surface area (Å²) < 4.78 is 0. The average Bonchev–Trinajstić information content (AvgIpc) is 2.48. The summed E-state index contributed by atoms with van der Waals surface area (Å²) in [4.78, 5) is 24.7. The summed E-state index contributed by atoms with van der Waals surface area (Å²) in [7, 11) is 0. The molecule has 5 heteroatoms. The van der Waals surface area contributed by atoms with Crippen molar-refractivity contribution >= 4 is 11.9 Å². The number of nitrogens with zero attached hydrogens (tertiary/aromatic N) is 1. The molecule has 1 fully saturated rings.